The molecule has 2 amide bonds. The molecule has 0 fully saturated rings. The van der Waals surface area contributed by atoms with Crippen LogP contribution in [0.2, 0.25) is 0 Å². The Kier molecular flexibility index (Phi) is 4.04. The number of imide groups is 1. The van der Waals surface area contributed by atoms with Gasteiger partial charge in [-0.1, -0.05) is 18.2 Å². The Bertz CT molecular complexity index is 1060. The monoisotopic (exact) mass is 361 g/mol. The molecule has 0 saturated carbocycles. The molecule has 3 aromatic rings. The number of hydrogen-bond acceptors (Lipinski definition) is 5. The molecule has 0 N–H and O–H groups in total. The summed E-state index contributed by atoms with van der Waals surface area (Å²) < 4.78 is 6.98. The largest absolute Gasteiger partial charge is 0.456 e. The molecule has 27 heavy (non-hydrogen) atoms. The first-order valence-corrected chi connectivity index (χ1v) is 8.28. The van der Waals surface area contributed by atoms with Crippen LogP contribution in [-0.2, 0) is 11.3 Å². The summed E-state index contributed by atoms with van der Waals surface area (Å²) in [5.41, 5.74) is 2.22. The minimum atomic E-state index is -0.582. The van der Waals surface area contributed by atoms with Crippen LogP contribution in [0.5, 0.6) is 0 Å². The van der Waals surface area contributed by atoms with Gasteiger partial charge in [0.2, 0.25) is 0 Å². The van der Waals surface area contributed by atoms with Crippen LogP contribution in [0.4, 0.5) is 0 Å². The highest BCUT2D eigenvalue weighted by Gasteiger charge is 2.33. The maximum Gasteiger partial charge on any atom is 0.338 e. The van der Waals surface area contributed by atoms with Crippen molar-refractivity contribution in [3.8, 4) is 5.69 Å². The van der Waals surface area contributed by atoms with E-state index >= 15 is 0 Å². The molecular formula is C20H15N3O4. The third-order valence-corrected chi connectivity index (χ3v) is 4.34. The number of fused-ring (bicyclic) bond motifs is 1. The summed E-state index contributed by atoms with van der Waals surface area (Å²) in [4.78, 5) is 37.3. The minimum absolute atomic E-state index is 0.00251. The summed E-state index contributed by atoms with van der Waals surface area (Å²) in [5, 5.41) is 4.37. The molecule has 0 spiro atoms. The molecule has 2 heterocycles. The van der Waals surface area contributed by atoms with Crippen LogP contribution in [0.25, 0.3) is 5.69 Å². The molecule has 1 aromatic heterocycles. The fourth-order valence-corrected chi connectivity index (χ4v) is 2.87. The number of carbonyl (C=O) groups excluding carboxylic acids is 3. The second-order valence-electron chi connectivity index (χ2n) is 6.09. The SMILES string of the molecule is CN1C(=O)c2ccc(C(=O)OCc3ccn(-c4ccccc4)n3)cc2C1=O. The maximum atomic E-state index is 12.3. The third-order valence-electron chi connectivity index (χ3n) is 4.34. The van der Waals surface area contributed by atoms with Gasteiger partial charge in [-0.25, -0.2) is 9.48 Å². The van der Waals surface area contributed by atoms with Crippen molar-refractivity contribution in [2.45, 2.75) is 6.61 Å². The van der Waals surface area contributed by atoms with Gasteiger partial charge in [-0.2, -0.15) is 5.10 Å². The predicted molar refractivity (Wildman–Crippen MR) is 95.5 cm³/mol. The van der Waals surface area contributed by atoms with Gasteiger partial charge in [-0.15, -0.1) is 0 Å². The van der Waals surface area contributed by atoms with E-state index in [1.165, 1.54) is 25.2 Å². The fourth-order valence-electron chi connectivity index (χ4n) is 2.87. The molecule has 7 heteroatoms. The van der Waals surface area contributed by atoms with Gasteiger partial charge >= 0.3 is 5.97 Å². The van der Waals surface area contributed by atoms with Gasteiger partial charge in [0.25, 0.3) is 11.8 Å². The van der Waals surface area contributed by atoms with Crippen LogP contribution in [0.15, 0.2) is 60.8 Å². The Labute approximate surface area is 154 Å². The Hall–Kier alpha value is -3.74. The zero-order chi connectivity index (χ0) is 19.0. The number of amides is 2. The lowest BCUT2D eigenvalue weighted by Crippen LogP contribution is -2.24. The Morgan fingerprint density at radius 2 is 1.74 bits per heavy atom. The smallest absolute Gasteiger partial charge is 0.338 e. The average molecular weight is 361 g/mol. The fraction of sp³-hybridized carbons (Fsp3) is 0.100. The van der Waals surface area contributed by atoms with E-state index in [2.05, 4.69) is 5.10 Å². The van der Waals surface area contributed by atoms with Gasteiger partial charge in [0, 0.05) is 13.2 Å². The number of carbonyl (C=O) groups is 3. The number of para-hydroxylation sites is 1. The van der Waals surface area contributed by atoms with Crippen molar-refractivity contribution in [1.29, 1.82) is 0 Å². The van der Waals surface area contributed by atoms with Crippen LogP contribution in [0.3, 0.4) is 0 Å². The van der Waals surface area contributed by atoms with Crippen molar-refractivity contribution < 1.29 is 19.1 Å². The van der Waals surface area contributed by atoms with Crippen LogP contribution in [0, 0.1) is 0 Å². The van der Waals surface area contributed by atoms with Gasteiger partial charge in [-0.3, -0.25) is 14.5 Å². The normalized spacial score (nSPS) is 13.0. The number of rotatable bonds is 4. The van der Waals surface area contributed by atoms with Gasteiger partial charge in [-0.05, 0) is 36.4 Å². The molecule has 0 atom stereocenters. The van der Waals surface area contributed by atoms with E-state index in [1.54, 1.807) is 16.9 Å². The molecule has 1 aliphatic heterocycles. The van der Waals surface area contributed by atoms with Crippen LogP contribution in [0.1, 0.15) is 36.8 Å². The van der Waals surface area contributed by atoms with Crippen LogP contribution in [-0.4, -0.2) is 39.5 Å². The molecule has 7 nitrogen and oxygen atoms in total. The number of nitrogens with zero attached hydrogens (tertiary/aromatic N) is 3. The predicted octanol–water partition coefficient (Wildman–Crippen LogP) is 2.46. The Morgan fingerprint density at radius 3 is 2.52 bits per heavy atom. The lowest BCUT2D eigenvalue weighted by molar-refractivity contribution is 0.0467. The van der Waals surface area contributed by atoms with E-state index in [9.17, 15) is 14.4 Å². The van der Waals surface area contributed by atoms with Crippen molar-refractivity contribution in [1.82, 2.24) is 14.7 Å². The highest BCUT2D eigenvalue weighted by molar-refractivity contribution is 6.21. The van der Waals surface area contributed by atoms with Gasteiger partial charge in [0.15, 0.2) is 0 Å². The van der Waals surface area contributed by atoms with Crippen molar-refractivity contribution in [2.75, 3.05) is 7.05 Å². The highest BCUT2D eigenvalue weighted by Crippen LogP contribution is 2.23. The lowest BCUT2D eigenvalue weighted by atomic mass is 10.1. The minimum Gasteiger partial charge on any atom is -0.456 e. The standard InChI is InChI=1S/C20H15N3O4/c1-22-18(24)16-8-7-13(11-17(16)19(22)25)20(26)27-12-14-9-10-23(21-14)15-5-3-2-4-6-15/h2-11H,12H2,1H3. The molecule has 1 aliphatic rings. The molecule has 0 radical (unpaired) electrons. The second-order valence-corrected chi connectivity index (χ2v) is 6.09. The van der Waals surface area contributed by atoms with Crippen LogP contribution < -0.4 is 0 Å². The number of ether oxygens (including phenoxy) is 1. The molecule has 2 aromatic carbocycles. The number of aromatic nitrogens is 2. The van der Waals surface area contributed by atoms with Crippen molar-refractivity contribution >= 4 is 17.8 Å². The second kappa shape index (κ2) is 6.53. The summed E-state index contributed by atoms with van der Waals surface area (Å²) in [7, 11) is 1.41. The summed E-state index contributed by atoms with van der Waals surface area (Å²) in [6.07, 6.45) is 1.79. The number of esters is 1. The topological polar surface area (TPSA) is 81.5 Å². The summed E-state index contributed by atoms with van der Waals surface area (Å²) >= 11 is 0. The summed E-state index contributed by atoms with van der Waals surface area (Å²) in [5.74, 6) is -1.38. The Balaban J connectivity index is 1.46. The van der Waals surface area contributed by atoms with E-state index in [0.717, 1.165) is 10.6 Å². The molecular weight excluding hydrogens is 346 g/mol. The van der Waals surface area contributed by atoms with Crippen molar-refractivity contribution in [2.24, 2.45) is 0 Å². The Morgan fingerprint density at radius 1 is 1.00 bits per heavy atom. The lowest BCUT2D eigenvalue weighted by Gasteiger charge is -2.04. The number of benzene rings is 2. The van der Waals surface area contributed by atoms with Gasteiger partial charge < -0.3 is 4.74 Å². The molecule has 0 aliphatic carbocycles. The molecule has 134 valence electrons. The van der Waals surface area contributed by atoms with Crippen LogP contribution >= 0.6 is 0 Å². The summed E-state index contributed by atoms with van der Waals surface area (Å²) in [6.45, 7) is 0.00251. The quantitative estimate of drug-likeness (QED) is 0.527. The van der Waals surface area contributed by atoms with E-state index in [4.69, 9.17) is 4.74 Å². The first kappa shape index (κ1) is 16.7. The molecule has 0 bridgehead atoms. The van der Waals surface area contributed by atoms with Crippen molar-refractivity contribution in [3.63, 3.8) is 0 Å². The van der Waals surface area contributed by atoms with E-state index in [0.29, 0.717) is 11.3 Å². The summed E-state index contributed by atoms with van der Waals surface area (Å²) in [6, 6.07) is 15.7. The third kappa shape index (κ3) is 2.99. The molecule has 4 rings (SSSR count). The van der Waals surface area contributed by atoms with E-state index in [1.807, 2.05) is 30.3 Å². The first-order chi connectivity index (χ1) is 13.0. The van der Waals surface area contributed by atoms with E-state index < -0.39 is 11.9 Å². The average Bonchev–Trinajstić information content (AvgIpc) is 3.26. The van der Waals surface area contributed by atoms with Crippen molar-refractivity contribution in [3.05, 3.63) is 83.2 Å². The molecule has 0 unspecified atom stereocenters. The van der Waals surface area contributed by atoms with E-state index in [-0.39, 0.29) is 23.6 Å². The van der Waals surface area contributed by atoms with Gasteiger partial charge in [0.1, 0.15) is 12.3 Å². The zero-order valence-corrected chi connectivity index (χ0v) is 14.5. The van der Waals surface area contributed by atoms with Gasteiger partial charge in [0.05, 0.1) is 22.4 Å². The first-order valence-electron chi connectivity index (χ1n) is 8.28. The highest BCUT2D eigenvalue weighted by atomic mass is 16.5. The zero-order valence-electron chi connectivity index (χ0n) is 14.5. The maximum absolute atomic E-state index is 12.3. The number of hydrogen-bond donors (Lipinski definition) is 0. The molecule has 0 saturated heterocycles.